The van der Waals surface area contributed by atoms with Gasteiger partial charge in [-0.15, -0.1) is 0 Å². The Bertz CT molecular complexity index is 2270. The van der Waals surface area contributed by atoms with Gasteiger partial charge in [0.25, 0.3) is 5.91 Å². The third-order valence-corrected chi connectivity index (χ3v) is 12.3. The van der Waals surface area contributed by atoms with Crippen LogP contribution in [0.5, 0.6) is 5.75 Å². The van der Waals surface area contributed by atoms with Gasteiger partial charge in [-0.1, -0.05) is 24.3 Å². The monoisotopic (exact) mass is 835 g/mol. The van der Waals surface area contributed by atoms with Crippen LogP contribution in [0.4, 0.5) is 10.1 Å². The summed E-state index contributed by atoms with van der Waals surface area (Å²) in [6.07, 6.45) is 6.43. The molecule has 2 atom stereocenters. The van der Waals surface area contributed by atoms with Gasteiger partial charge in [-0.05, 0) is 86.4 Å². The number of hydrogen-bond donors (Lipinski definition) is 6. The molecule has 0 aliphatic carbocycles. The Balaban J connectivity index is 0.899. The molecule has 3 amide bonds. The number of carbonyl (C=O) groups excluding carboxylic acids is 3. The maximum atomic E-state index is 16.3. The van der Waals surface area contributed by atoms with Crippen LogP contribution in [0.2, 0.25) is 0 Å². The summed E-state index contributed by atoms with van der Waals surface area (Å²) in [4.78, 5) is 42.5. The second-order valence-corrected chi connectivity index (χ2v) is 16.7. The van der Waals surface area contributed by atoms with Crippen LogP contribution in [0.25, 0.3) is 16.6 Å². The number of allylic oxidation sites excluding steroid dienone is 1. The summed E-state index contributed by atoms with van der Waals surface area (Å²) >= 11 is 0. The molecule has 4 aromatic rings. The Hall–Kier alpha value is -6.06. The lowest BCUT2D eigenvalue weighted by atomic mass is 9.91. The zero-order valence-corrected chi connectivity index (χ0v) is 35.0. The van der Waals surface area contributed by atoms with Gasteiger partial charge < -0.3 is 56.9 Å². The van der Waals surface area contributed by atoms with Gasteiger partial charge in [0.05, 0.1) is 11.8 Å². The molecule has 0 saturated carbocycles. The van der Waals surface area contributed by atoms with Crippen molar-refractivity contribution in [2.75, 3.05) is 57.7 Å². The van der Waals surface area contributed by atoms with Crippen molar-refractivity contribution in [3.63, 3.8) is 0 Å². The van der Waals surface area contributed by atoms with E-state index in [1.54, 1.807) is 47.4 Å². The predicted molar refractivity (Wildman–Crippen MR) is 235 cm³/mol. The lowest BCUT2D eigenvalue weighted by Crippen LogP contribution is -2.51. The first-order valence-corrected chi connectivity index (χ1v) is 21.1. The van der Waals surface area contributed by atoms with Crippen molar-refractivity contribution in [1.82, 2.24) is 24.6 Å². The Morgan fingerprint density at radius 2 is 1.69 bits per heavy atom. The van der Waals surface area contributed by atoms with E-state index in [4.69, 9.17) is 21.9 Å². The number of phenols is 1. The fourth-order valence-electron chi connectivity index (χ4n) is 8.90. The predicted octanol–water partition coefficient (Wildman–Crippen LogP) is 4.86. The summed E-state index contributed by atoms with van der Waals surface area (Å²) in [5.41, 5.74) is 22.9. The molecule has 9 N–H and O–H groups in total. The van der Waals surface area contributed by atoms with E-state index >= 15 is 4.39 Å². The number of fused-ring (bicyclic) bond motifs is 1. The number of morpholine rings is 1. The molecule has 324 valence electrons. The number of benzene rings is 3. The second-order valence-electron chi connectivity index (χ2n) is 16.7. The van der Waals surface area contributed by atoms with Crippen molar-refractivity contribution in [3.05, 3.63) is 113 Å². The Morgan fingerprint density at radius 3 is 2.38 bits per heavy atom. The molecular weight excluding hydrogens is 778 g/mol. The summed E-state index contributed by atoms with van der Waals surface area (Å²) < 4.78 is 25.0. The van der Waals surface area contributed by atoms with Crippen LogP contribution in [-0.4, -0.2) is 107 Å². The maximum absolute atomic E-state index is 16.3. The molecule has 2 unspecified atom stereocenters. The number of amides is 3. The first kappa shape index (κ1) is 43.0. The smallest absolute Gasteiger partial charge is 0.253 e. The van der Waals surface area contributed by atoms with Crippen molar-refractivity contribution >= 4 is 40.5 Å². The van der Waals surface area contributed by atoms with Crippen molar-refractivity contribution < 1.29 is 28.6 Å². The summed E-state index contributed by atoms with van der Waals surface area (Å²) in [6.45, 7) is 7.82. The quantitative estimate of drug-likeness (QED) is 0.0615. The molecule has 4 heterocycles. The molecule has 3 aliphatic heterocycles. The number of anilines is 1. The van der Waals surface area contributed by atoms with Crippen LogP contribution in [0.3, 0.4) is 0 Å². The first-order chi connectivity index (χ1) is 29.3. The summed E-state index contributed by atoms with van der Waals surface area (Å²) in [6, 6.07) is 20.7. The lowest BCUT2D eigenvalue weighted by Gasteiger charge is -2.41. The molecule has 3 saturated heterocycles. The van der Waals surface area contributed by atoms with Crippen LogP contribution < -0.4 is 27.8 Å². The fourth-order valence-corrected chi connectivity index (χ4v) is 8.90. The van der Waals surface area contributed by atoms with Gasteiger partial charge in [-0.3, -0.25) is 14.4 Å². The number of aromatic nitrogens is 1. The van der Waals surface area contributed by atoms with E-state index in [1.807, 2.05) is 36.9 Å². The normalized spacial score (nSPS) is 20.0. The molecule has 3 aromatic carbocycles. The third-order valence-electron chi connectivity index (χ3n) is 12.3. The van der Waals surface area contributed by atoms with Crippen LogP contribution in [0.15, 0.2) is 90.5 Å². The van der Waals surface area contributed by atoms with E-state index in [1.165, 1.54) is 0 Å². The molecule has 0 spiro atoms. The Morgan fingerprint density at radius 1 is 0.967 bits per heavy atom. The van der Waals surface area contributed by atoms with Crippen molar-refractivity contribution in [2.24, 2.45) is 17.2 Å². The highest BCUT2D eigenvalue weighted by Gasteiger charge is 2.39. The number of nitrogens with two attached hydrogens (primary N) is 3. The van der Waals surface area contributed by atoms with E-state index in [0.29, 0.717) is 61.7 Å². The zero-order valence-electron chi connectivity index (χ0n) is 35.0. The Labute approximate surface area is 356 Å². The standard InChI is InChI=1S/C46H58FN9O5/c1-30-23-39-34(24-38(30)52-43(59)11-17-51-29-57)12-20-56(39)35-13-18-53(19-14-35)28-46(47)15-21-54(22-16-46)45(60)33-9-7-32(8-10-33)42-27-55(26-31(2)61-42)40(44(49)50)25-37(48)36-5-3-4-6-41(36)58/h3-10,12,20,23-25,29,31,35,42,58H,11,13-19,21-22,26-28,48-50H2,1-2H3,(H,51,57)(H,52,59)/b37-25-. The molecule has 0 radical (unpaired) electrons. The number of phenolic OH excluding ortho intramolecular Hbond substituents is 1. The topological polar surface area (TPSA) is 197 Å². The van der Waals surface area contributed by atoms with E-state index in [0.717, 1.165) is 53.6 Å². The van der Waals surface area contributed by atoms with Crippen LogP contribution in [0.1, 0.15) is 78.2 Å². The SMILES string of the molecule is Cc1cc2c(ccn2C2CCN(CC3(F)CCN(C(=O)c4ccc(C5CN(C(/C=C(\N)c6ccccc6O)=C(N)N)CC(C)O5)cc4)CC3)CC2)cc1NC(=O)CCNC=O. The number of likely N-dealkylation sites (tertiary alicyclic amines) is 2. The average molecular weight is 836 g/mol. The fraction of sp³-hybridized carbons (Fsp3) is 0.413. The molecular formula is C46H58FN9O5. The average Bonchev–Trinajstić information content (AvgIpc) is 3.65. The highest BCUT2D eigenvalue weighted by atomic mass is 19.1. The van der Waals surface area contributed by atoms with Crippen molar-refractivity contribution in [1.29, 1.82) is 0 Å². The lowest BCUT2D eigenvalue weighted by molar-refractivity contribution is -0.116. The number of alkyl halides is 1. The van der Waals surface area contributed by atoms with Crippen LogP contribution >= 0.6 is 0 Å². The van der Waals surface area contributed by atoms with Crippen LogP contribution in [-0.2, 0) is 14.3 Å². The van der Waals surface area contributed by atoms with Crippen molar-refractivity contribution in [3.8, 4) is 5.75 Å². The number of para-hydroxylation sites is 1. The number of aromatic hydroxyl groups is 1. The van der Waals surface area contributed by atoms with Crippen LogP contribution in [0, 0.1) is 6.92 Å². The van der Waals surface area contributed by atoms with E-state index in [9.17, 15) is 19.5 Å². The van der Waals surface area contributed by atoms with Gasteiger partial charge in [0.15, 0.2) is 0 Å². The second kappa shape index (κ2) is 18.7. The molecule has 61 heavy (non-hydrogen) atoms. The number of halogens is 1. The number of nitrogens with zero attached hydrogens (tertiary/aromatic N) is 4. The molecule has 15 heteroatoms. The highest BCUT2D eigenvalue weighted by Crippen LogP contribution is 2.35. The summed E-state index contributed by atoms with van der Waals surface area (Å²) in [5, 5.41) is 16.8. The molecule has 14 nitrogen and oxygen atoms in total. The number of nitrogens with one attached hydrogen (secondary N) is 2. The Kier molecular flexibility index (Phi) is 13.2. The minimum Gasteiger partial charge on any atom is -0.507 e. The number of aryl methyl sites for hydroxylation is 1. The van der Waals surface area contributed by atoms with Gasteiger partial charge in [0.2, 0.25) is 12.3 Å². The molecule has 3 fully saturated rings. The minimum absolute atomic E-state index is 0.0543. The van der Waals surface area contributed by atoms with E-state index in [2.05, 4.69) is 38.4 Å². The third kappa shape index (κ3) is 10.1. The maximum Gasteiger partial charge on any atom is 0.253 e. The largest absolute Gasteiger partial charge is 0.507 e. The molecule has 1 aromatic heterocycles. The number of ether oxygens (including phenoxy) is 1. The first-order valence-electron chi connectivity index (χ1n) is 21.1. The molecule has 0 bridgehead atoms. The number of piperidine rings is 2. The molecule has 7 rings (SSSR count). The van der Waals surface area contributed by atoms with Gasteiger partial charge in [-0.25, -0.2) is 4.39 Å². The summed E-state index contributed by atoms with van der Waals surface area (Å²) in [7, 11) is 0. The van der Waals surface area contributed by atoms with E-state index < -0.39 is 5.67 Å². The number of rotatable bonds is 13. The molecule has 3 aliphatic rings. The van der Waals surface area contributed by atoms with Crippen molar-refractivity contribution in [2.45, 2.75) is 69.9 Å². The van der Waals surface area contributed by atoms with Gasteiger partial charge in [0, 0.05) is 117 Å². The highest BCUT2D eigenvalue weighted by molar-refractivity contribution is 5.95. The van der Waals surface area contributed by atoms with Gasteiger partial charge in [-0.2, -0.15) is 0 Å². The van der Waals surface area contributed by atoms with Gasteiger partial charge >= 0.3 is 0 Å². The van der Waals surface area contributed by atoms with Gasteiger partial charge in [0.1, 0.15) is 23.3 Å². The number of hydrogen-bond acceptors (Lipinski definition) is 10. The zero-order chi connectivity index (χ0) is 43.3. The minimum atomic E-state index is -1.36. The summed E-state index contributed by atoms with van der Waals surface area (Å²) in [5.74, 6) is -0.122. The number of carbonyl (C=O) groups is 3. The van der Waals surface area contributed by atoms with E-state index in [-0.39, 0.29) is 67.4 Å².